The largest absolute Gasteiger partial charge is 0.355 e. The van der Waals surface area contributed by atoms with Gasteiger partial charge >= 0.3 is 0 Å². The SMILES string of the molecule is CC1(c2cccc(-c3ccc(-c4cccc5ccccc45)cc3Nc3ccccc3)c2)C=CC(c2cccc(-c3ccccc3Nc3ccccc3)c2)=CC1. The summed E-state index contributed by atoms with van der Waals surface area (Å²) >= 11 is 0. The second-order valence-electron chi connectivity index (χ2n) is 14.6. The summed E-state index contributed by atoms with van der Waals surface area (Å²) in [5.41, 5.74) is 15.1. The van der Waals surface area contributed by atoms with Crippen LogP contribution in [0.2, 0.25) is 0 Å². The zero-order valence-electron chi connectivity index (χ0n) is 30.9. The predicted octanol–water partition coefficient (Wildman–Crippen LogP) is 14.6. The van der Waals surface area contributed by atoms with Crippen LogP contribution in [0.3, 0.4) is 0 Å². The van der Waals surface area contributed by atoms with E-state index in [4.69, 9.17) is 0 Å². The minimum Gasteiger partial charge on any atom is -0.355 e. The highest BCUT2D eigenvalue weighted by atomic mass is 14.9. The fourth-order valence-electron chi connectivity index (χ4n) is 7.81. The third-order valence-electron chi connectivity index (χ3n) is 10.9. The molecule has 0 radical (unpaired) electrons. The second-order valence-corrected chi connectivity index (χ2v) is 14.6. The Balaban J connectivity index is 1.01. The number of rotatable bonds is 9. The van der Waals surface area contributed by atoms with Crippen LogP contribution in [0.15, 0.2) is 212 Å². The van der Waals surface area contributed by atoms with Crippen LogP contribution in [0, 0.1) is 0 Å². The summed E-state index contributed by atoms with van der Waals surface area (Å²) in [6.07, 6.45) is 8.02. The third kappa shape index (κ3) is 7.11. The molecule has 1 unspecified atom stereocenters. The molecule has 0 aliphatic heterocycles. The van der Waals surface area contributed by atoms with Crippen LogP contribution >= 0.6 is 0 Å². The number of nitrogens with one attached hydrogen (secondary N) is 2. The molecule has 2 nitrogen and oxygen atoms in total. The van der Waals surface area contributed by atoms with E-state index in [2.05, 4.69) is 224 Å². The summed E-state index contributed by atoms with van der Waals surface area (Å²) in [5.74, 6) is 0. The van der Waals surface area contributed by atoms with Crippen LogP contribution < -0.4 is 10.6 Å². The molecule has 0 heterocycles. The summed E-state index contributed by atoms with van der Waals surface area (Å²) in [6, 6.07) is 69.4. The average Bonchev–Trinajstić information content (AvgIpc) is 3.25. The third-order valence-corrected chi connectivity index (χ3v) is 10.9. The van der Waals surface area contributed by atoms with Gasteiger partial charge in [0.05, 0.1) is 0 Å². The molecular weight excluding hydrogens is 665 g/mol. The van der Waals surface area contributed by atoms with Crippen LogP contribution in [0.5, 0.6) is 0 Å². The molecule has 0 bridgehead atoms. The van der Waals surface area contributed by atoms with E-state index in [0.717, 1.165) is 29.2 Å². The Morgan fingerprint density at radius 1 is 0.436 bits per heavy atom. The minimum absolute atomic E-state index is 0.140. The Labute approximate surface area is 324 Å². The molecule has 9 rings (SSSR count). The van der Waals surface area contributed by atoms with Crippen LogP contribution in [0.1, 0.15) is 24.5 Å². The predicted molar refractivity (Wildman–Crippen MR) is 235 cm³/mol. The molecule has 0 amide bonds. The first-order valence-electron chi connectivity index (χ1n) is 19.1. The highest BCUT2D eigenvalue weighted by molar-refractivity contribution is 5.98. The van der Waals surface area contributed by atoms with Gasteiger partial charge < -0.3 is 10.6 Å². The van der Waals surface area contributed by atoms with Gasteiger partial charge in [0.1, 0.15) is 0 Å². The lowest BCUT2D eigenvalue weighted by Gasteiger charge is -2.29. The molecule has 55 heavy (non-hydrogen) atoms. The first-order chi connectivity index (χ1) is 27.1. The molecule has 264 valence electrons. The normalized spacial score (nSPS) is 15.0. The average molecular weight is 707 g/mol. The molecule has 8 aromatic carbocycles. The van der Waals surface area contributed by atoms with Crippen LogP contribution in [-0.2, 0) is 5.41 Å². The molecule has 8 aromatic rings. The summed E-state index contributed by atoms with van der Waals surface area (Å²) in [6.45, 7) is 2.35. The van der Waals surface area contributed by atoms with Gasteiger partial charge in [-0.2, -0.15) is 0 Å². The Morgan fingerprint density at radius 2 is 1.02 bits per heavy atom. The number of para-hydroxylation sites is 3. The van der Waals surface area contributed by atoms with Gasteiger partial charge in [0.25, 0.3) is 0 Å². The molecule has 0 saturated carbocycles. The quantitative estimate of drug-likeness (QED) is 0.156. The molecular formula is C53H42N2. The zero-order chi connectivity index (χ0) is 37.0. The van der Waals surface area contributed by atoms with Gasteiger partial charge in [0.15, 0.2) is 0 Å². The topological polar surface area (TPSA) is 24.1 Å². The maximum Gasteiger partial charge on any atom is 0.0470 e. The Hall–Kier alpha value is -6.90. The van der Waals surface area contributed by atoms with Gasteiger partial charge in [0, 0.05) is 39.3 Å². The standard InChI is InChI=1S/C53H42N2/c1-53(33-31-38(32-34-53)40-17-12-18-41(35-40)49-26-10-11-28-51(49)54-45-21-4-2-5-22-45)44-20-13-19-42(36-44)50-30-29-43(37-52(50)55-46-23-6-3-7-24-46)48-27-14-16-39-15-8-9-25-47(39)48/h2-33,35-37,54-55H,34H2,1H3. The molecule has 0 aromatic heterocycles. The molecule has 0 saturated heterocycles. The van der Waals surface area contributed by atoms with Crippen molar-refractivity contribution in [2.75, 3.05) is 10.6 Å². The lowest BCUT2D eigenvalue weighted by molar-refractivity contribution is 0.601. The Bertz CT molecular complexity index is 2680. The van der Waals surface area contributed by atoms with Gasteiger partial charge in [-0.25, -0.2) is 0 Å². The van der Waals surface area contributed by atoms with Crippen molar-refractivity contribution in [2.45, 2.75) is 18.8 Å². The summed E-state index contributed by atoms with van der Waals surface area (Å²) in [7, 11) is 0. The number of hydrogen-bond acceptors (Lipinski definition) is 2. The van der Waals surface area contributed by atoms with Crippen molar-refractivity contribution in [3.8, 4) is 33.4 Å². The summed E-state index contributed by atoms with van der Waals surface area (Å²) < 4.78 is 0. The molecule has 1 atom stereocenters. The Kier molecular flexibility index (Phi) is 9.15. The van der Waals surface area contributed by atoms with E-state index in [-0.39, 0.29) is 5.41 Å². The van der Waals surface area contributed by atoms with Crippen LogP contribution in [0.4, 0.5) is 22.7 Å². The van der Waals surface area contributed by atoms with Crippen LogP contribution in [0.25, 0.3) is 49.7 Å². The molecule has 1 aliphatic rings. The number of anilines is 4. The number of hydrogen-bond donors (Lipinski definition) is 2. The maximum absolute atomic E-state index is 3.77. The first-order valence-corrected chi connectivity index (χ1v) is 19.1. The van der Waals surface area contributed by atoms with E-state index in [1.807, 2.05) is 6.07 Å². The van der Waals surface area contributed by atoms with Gasteiger partial charge in [-0.3, -0.25) is 0 Å². The fraction of sp³-hybridized carbons (Fsp3) is 0.0566. The Morgan fingerprint density at radius 3 is 1.80 bits per heavy atom. The van der Waals surface area contributed by atoms with Crippen molar-refractivity contribution in [3.05, 3.63) is 223 Å². The van der Waals surface area contributed by atoms with Crippen molar-refractivity contribution < 1.29 is 0 Å². The molecule has 0 fully saturated rings. The highest BCUT2D eigenvalue weighted by Gasteiger charge is 2.26. The van der Waals surface area contributed by atoms with E-state index in [1.165, 1.54) is 60.9 Å². The monoisotopic (exact) mass is 706 g/mol. The molecule has 2 heteroatoms. The van der Waals surface area contributed by atoms with Crippen molar-refractivity contribution in [3.63, 3.8) is 0 Å². The van der Waals surface area contributed by atoms with Gasteiger partial charge in [-0.1, -0.05) is 177 Å². The molecule has 0 spiro atoms. The van der Waals surface area contributed by atoms with E-state index in [9.17, 15) is 0 Å². The highest BCUT2D eigenvalue weighted by Crippen LogP contribution is 2.41. The van der Waals surface area contributed by atoms with Crippen molar-refractivity contribution in [2.24, 2.45) is 0 Å². The summed E-state index contributed by atoms with van der Waals surface area (Å²) in [4.78, 5) is 0. The van der Waals surface area contributed by atoms with Gasteiger partial charge in [0.2, 0.25) is 0 Å². The van der Waals surface area contributed by atoms with Crippen molar-refractivity contribution >= 4 is 39.1 Å². The zero-order valence-corrected chi connectivity index (χ0v) is 30.9. The van der Waals surface area contributed by atoms with E-state index in [1.54, 1.807) is 0 Å². The minimum atomic E-state index is -0.140. The first kappa shape index (κ1) is 33.9. The smallest absolute Gasteiger partial charge is 0.0470 e. The van der Waals surface area contributed by atoms with E-state index >= 15 is 0 Å². The number of fused-ring (bicyclic) bond motifs is 1. The summed E-state index contributed by atoms with van der Waals surface area (Å²) in [5, 5.41) is 9.88. The molecule has 2 N–H and O–H groups in total. The van der Waals surface area contributed by atoms with Gasteiger partial charge in [-0.05, 0) is 98.6 Å². The maximum atomic E-state index is 3.77. The fourth-order valence-corrected chi connectivity index (χ4v) is 7.81. The number of benzene rings is 8. The molecule has 1 aliphatic carbocycles. The van der Waals surface area contributed by atoms with Gasteiger partial charge in [-0.15, -0.1) is 0 Å². The van der Waals surface area contributed by atoms with Crippen molar-refractivity contribution in [1.29, 1.82) is 0 Å². The van der Waals surface area contributed by atoms with E-state index in [0.29, 0.717) is 0 Å². The van der Waals surface area contributed by atoms with Crippen LogP contribution in [-0.4, -0.2) is 0 Å². The van der Waals surface area contributed by atoms with E-state index < -0.39 is 0 Å². The van der Waals surface area contributed by atoms with Crippen molar-refractivity contribution in [1.82, 2.24) is 0 Å². The number of allylic oxidation sites excluding steroid dienone is 4. The second kappa shape index (κ2) is 14.9. The lowest BCUT2D eigenvalue weighted by atomic mass is 9.75. The lowest BCUT2D eigenvalue weighted by Crippen LogP contribution is -2.20.